The number of hydrogen-bond donors (Lipinski definition) is 1. The van der Waals surface area contributed by atoms with Crippen molar-refractivity contribution in [1.29, 1.82) is 0 Å². The van der Waals surface area contributed by atoms with E-state index < -0.39 is 29.8 Å². The molecule has 324 valence electrons. The zero-order valence-electron chi connectivity index (χ0n) is 34.4. The van der Waals surface area contributed by atoms with Crippen LogP contribution in [0.15, 0.2) is 66.9 Å². The van der Waals surface area contributed by atoms with E-state index in [2.05, 4.69) is 5.32 Å². The summed E-state index contributed by atoms with van der Waals surface area (Å²) in [7, 11) is 0. The van der Waals surface area contributed by atoms with E-state index in [1.54, 1.807) is 18.0 Å². The Morgan fingerprint density at radius 3 is 2.32 bits per heavy atom. The van der Waals surface area contributed by atoms with E-state index in [9.17, 15) is 23.6 Å². The molecule has 1 aromatic heterocycles. The number of imide groups is 1. The third kappa shape index (κ3) is 12.9. The second kappa shape index (κ2) is 23.1. The summed E-state index contributed by atoms with van der Waals surface area (Å²) in [6.45, 7) is 2.70. The predicted octanol–water partition coefficient (Wildman–Crippen LogP) is 7.86. The average molecular weight is 850 g/mol. The van der Waals surface area contributed by atoms with Crippen LogP contribution in [-0.2, 0) is 30.5 Å². The summed E-state index contributed by atoms with van der Waals surface area (Å²) in [6.07, 6.45) is 12.6. The fraction of sp³-hybridized carbons (Fsp3) is 0.543. The maximum Gasteiger partial charge on any atom is 0.253 e. The van der Waals surface area contributed by atoms with Gasteiger partial charge < -0.3 is 19.5 Å². The quantitative estimate of drug-likeness (QED) is 0.0717. The number of unbranched alkanes of at least 4 members (excludes halogenated alkanes) is 6. The van der Waals surface area contributed by atoms with Crippen molar-refractivity contribution in [2.75, 3.05) is 50.9 Å². The average Bonchev–Trinajstić information content (AvgIpc) is 3.95. The van der Waals surface area contributed by atoms with Crippen molar-refractivity contribution in [3.63, 3.8) is 0 Å². The summed E-state index contributed by atoms with van der Waals surface area (Å²) in [5, 5.41) is 3.14. The van der Waals surface area contributed by atoms with E-state index in [0.717, 1.165) is 74.5 Å². The van der Waals surface area contributed by atoms with Crippen molar-refractivity contribution in [2.45, 2.75) is 95.8 Å². The molecule has 0 spiro atoms. The van der Waals surface area contributed by atoms with Gasteiger partial charge in [0.25, 0.3) is 11.8 Å². The van der Waals surface area contributed by atoms with Crippen LogP contribution in [0.3, 0.4) is 0 Å². The van der Waals surface area contributed by atoms with Crippen molar-refractivity contribution in [3.05, 3.63) is 89.9 Å². The number of nitrogens with zero attached hydrogens (tertiary/aromatic N) is 4. The van der Waals surface area contributed by atoms with Gasteiger partial charge in [0.1, 0.15) is 29.4 Å². The second-order valence-corrected chi connectivity index (χ2v) is 17.3. The Labute approximate surface area is 355 Å². The van der Waals surface area contributed by atoms with E-state index in [0.29, 0.717) is 70.8 Å². The Morgan fingerprint density at radius 1 is 0.900 bits per heavy atom. The molecular weight excluding hydrogens is 792 g/mol. The number of ketones is 1. The van der Waals surface area contributed by atoms with E-state index in [4.69, 9.17) is 9.72 Å². The first-order chi connectivity index (χ1) is 29.2. The van der Waals surface area contributed by atoms with E-state index >= 15 is 8.78 Å². The van der Waals surface area contributed by atoms with Gasteiger partial charge in [0.05, 0.1) is 17.5 Å². The van der Waals surface area contributed by atoms with Crippen molar-refractivity contribution < 1.29 is 37.1 Å². The Morgan fingerprint density at radius 2 is 1.60 bits per heavy atom. The van der Waals surface area contributed by atoms with Gasteiger partial charge in [-0.2, -0.15) is 11.8 Å². The minimum Gasteiger partial charge on any atom is -0.381 e. The van der Waals surface area contributed by atoms with Gasteiger partial charge >= 0.3 is 0 Å². The lowest BCUT2D eigenvalue weighted by Gasteiger charge is -2.40. The number of rotatable bonds is 24. The summed E-state index contributed by atoms with van der Waals surface area (Å²) in [6, 6.07) is 12.6. The molecule has 2 aromatic carbocycles. The minimum absolute atomic E-state index is 0.0375. The molecule has 0 bridgehead atoms. The van der Waals surface area contributed by atoms with E-state index in [1.807, 2.05) is 39.8 Å². The molecule has 3 aliphatic heterocycles. The maximum atomic E-state index is 15.3. The number of hydrogen-bond acceptors (Lipinski definition) is 8. The lowest BCUT2D eigenvalue weighted by Crippen LogP contribution is -2.46. The van der Waals surface area contributed by atoms with Crippen LogP contribution in [0.1, 0.15) is 94.5 Å². The molecule has 0 unspecified atom stereocenters. The minimum atomic E-state index is -1.11. The molecule has 2 saturated heterocycles. The van der Waals surface area contributed by atoms with Gasteiger partial charge in [0, 0.05) is 88.6 Å². The highest BCUT2D eigenvalue weighted by molar-refractivity contribution is 7.99. The number of benzene rings is 2. The van der Waals surface area contributed by atoms with Gasteiger partial charge in [-0.05, 0) is 74.0 Å². The molecule has 0 aliphatic carbocycles. The number of alkyl halides is 1. The number of thioether (sulfide) groups is 1. The summed E-state index contributed by atoms with van der Waals surface area (Å²) >= 11 is 1.57. The highest BCUT2D eigenvalue weighted by atomic mass is 32.2. The fourth-order valence-corrected chi connectivity index (χ4v) is 9.27. The molecule has 0 saturated carbocycles. The van der Waals surface area contributed by atoms with Crippen molar-refractivity contribution in [3.8, 4) is 11.3 Å². The molecule has 3 amide bonds. The van der Waals surface area contributed by atoms with Gasteiger partial charge in [0.15, 0.2) is 0 Å². The first-order valence-corrected chi connectivity index (χ1v) is 22.7. The summed E-state index contributed by atoms with van der Waals surface area (Å²) < 4.78 is 52.7. The zero-order valence-corrected chi connectivity index (χ0v) is 35.2. The normalized spacial score (nSPS) is 18.8. The topological polar surface area (TPSA) is 114 Å². The first kappa shape index (κ1) is 45.3. The Bertz CT molecular complexity index is 1900. The molecule has 60 heavy (non-hydrogen) atoms. The number of Topliss-reactive ketones (excluding diaryl/α,β-unsaturated/α-hetero) is 1. The van der Waals surface area contributed by atoms with Crippen LogP contribution in [0.5, 0.6) is 0 Å². The number of imidazole rings is 1. The standard InChI is InChI=1S/C46H58F3N5O5S/c47-36-16-17-39(48)38(26-36)41-31-52(29-33-12-6-4-7-13-33)46(51-41)45(34-20-23-59-24-21-34)54(30-35-27-50-28-40(35)49)44(58)32-60-25-11-3-1-2-8-14-37(55)15-9-5-10-22-53-42(56)18-19-43(53)57/h4,6-7,12-13,16-19,26,31,34-35,40,45,50H,1-3,5,8-11,14-15,20-25,27-30,32H2/t35-,40-,45+/m0/s1. The highest BCUT2D eigenvalue weighted by Crippen LogP contribution is 2.38. The summed E-state index contributed by atoms with van der Waals surface area (Å²) in [5.41, 5.74) is 1.29. The maximum absolute atomic E-state index is 15.3. The van der Waals surface area contributed by atoms with Crippen LogP contribution in [0.2, 0.25) is 0 Å². The molecule has 1 N–H and O–H groups in total. The molecule has 3 atom stereocenters. The second-order valence-electron chi connectivity index (χ2n) is 16.2. The number of aromatic nitrogens is 2. The Hall–Kier alpha value is -4.27. The number of carbonyl (C=O) groups is 4. The number of amides is 3. The van der Waals surface area contributed by atoms with Gasteiger partial charge in [-0.3, -0.25) is 24.1 Å². The molecule has 6 rings (SSSR count). The van der Waals surface area contributed by atoms with Crippen LogP contribution in [0, 0.1) is 23.5 Å². The lowest BCUT2D eigenvalue weighted by atomic mass is 9.88. The molecule has 3 aromatic rings. The molecule has 3 aliphatic rings. The van der Waals surface area contributed by atoms with Gasteiger partial charge in [0.2, 0.25) is 5.91 Å². The van der Waals surface area contributed by atoms with Crippen molar-refractivity contribution in [2.24, 2.45) is 11.8 Å². The first-order valence-electron chi connectivity index (χ1n) is 21.6. The van der Waals surface area contributed by atoms with Crippen LogP contribution >= 0.6 is 11.8 Å². The molecule has 2 fully saturated rings. The van der Waals surface area contributed by atoms with Gasteiger partial charge in [-0.1, -0.05) is 56.0 Å². The monoisotopic (exact) mass is 849 g/mol. The molecule has 10 nitrogen and oxygen atoms in total. The van der Waals surface area contributed by atoms with Crippen molar-refractivity contribution in [1.82, 2.24) is 24.7 Å². The summed E-state index contributed by atoms with van der Waals surface area (Å²) in [4.78, 5) is 58.2. The van der Waals surface area contributed by atoms with Gasteiger partial charge in [-0.25, -0.2) is 18.2 Å². The highest BCUT2D eigenvalue weighted by Gasteiger charge is 2.40. The number of ether oxygens (including phenoxy) is 1. The fourth-order valence-electron chi connectivity index (χ4n) is 8.38. The van der Waals surface area contributed by atoms with Gasteiger partial charge in [-0.15, -0.1) is 0 Å². The third-order valence-corrected chi connectivity index (χ3v) is 12.8. The van der Waals surface area contributed by atoms with Crippen LogP contribution in [-0.4, -0.2) is 99.9 Å². The third-order valence-electron chi connectivity index (χ3n) is 11.7. The van der Waals surface area contributed by atoms with Crippen molar-refractivity contribution >= 4 is 35.3 Å². The van der Waals surface area contributed by atoms with Crippen LogP contribution < -0.4 is 5.32 Å². The number of carbonyl (C=O) groups excluding carboxylic acids is 4. The Balaban J connectivity index is 1.05. The smallest absolute Gasteiger partial charge is 0.253 e. The van der Waals surface area contributed by atoms with E-state index in [1.165, 1.54) is 17.1 Å². The molecule has 0 radical (unpaired) electrons. The largest absolute Gasteiger partial charge is 0.381 e. The lowest BCUT2D eigenvalue weighted by molar-refractivity contribution is -0.137. The number of nitrogens with one attached hydrogen (secondary N) is 1. The van der Waals surface area contributed by atoms with E-state index in [-0.39, 0.29) is 59.5 Å². The molecule has 14 heteroatoms. The zero-order chi connectivity index (χ0) is 42.3. The predicted molar refractivity (Wildman–Crippen MR) is 227 cm³/mol. The molecule has 4 heterocycles. The SMILES string of the molecule is O=C(CCCCCCCSCC(=O)N(C[C@@H]1CNC[C@@H]1F)[C@@H](c1nc(-c2cc(F)ccc2F)cn1Cc1ccccc1)C1CCOCC1)CCCCCN1C(=O)C=CC1=O. The molecular formula is C46H58F3N5O5S. The number of halogens is 3. The Kier molecular flexibility index (Phi) is 17.4. The van der Waals surface area contributed by atoms with Crippen LogP contribution in [0.4, 0.5) is 13.2 Å². The summed E-state index contributed by atoms with van der Waals surface area (Å²) in [5.74, 6) is -0.454. The van der Waals surface area contributed by atoms with Crippen LogP contribution in [0.25, 0.3) is 11.3 Å².